The van der Waals surface area contributed by atoms with Gasteiger partial charge in [-0.05, 0) is 19.8 Å². The Morgan fingerprint density at radius 2 is 2.42 bits per heavy atom. The van der Waals surface area contributed by atoms with Crippen molar-refractivity contribution in [2.45, 2.75) is 31.7 Å². The average Bonchev–Trinajstić information content (AvgIpc) is 2.76. The van der Waals surface area contributed by atoms with E-state index < -0.39 is 0 Å². The van der Waals surface area contributed by atoms with Crippen LogP contribution < -0.4 is 0 Å². The molecule has 2 rings (SSSR count). The topological polar surface area (TPSA) is 38.0 Å². The van der Waals surface area contributed by atoms with Gasteiger partial charge in [-0.25, -0.2) is 4.98 Å². The van der Waals surface area contributed by atoms with E-state index >= 15 is 0 Å². The van der Waals surface area contributed by atoms with Crippen LogP contribution in [-0.2, 0) is 12.0 Å². The summed E-state index contributed by atoms with van der Waals surface area (Å²) in [5.74, 6) is 1.06. The predicted molar refractivity (Wildman–Crippen MR) is 45.9 cm³/mol. The summed E-state index contributed by atoms with van der Waals surface area (Å²) < 4.78 is 2.11. The molecule has 1 aliphatic carbocycles. The molecular weight excluding hydrogens is 152 g/mol. The second-order valence-electron chi connectivity index (χ2n) is 3.48. The Kier molecular flexibility index (Phi) is 1.68. The van der Waals surface area contributed by atoms with E-state index in [0.29, 0.717) is 0 Å². The number of aliphatic hydroxyl groups excluding tert-OH is 1. The molecule has 0 atom stereocenters. The molecule has 0 radical (unpaired) electrons. The molecule has 0 aromatic carbocycles. The van der Waals surface area contributed by atoms with Crippen molar-refractivity contribution < 1.29 is 5.11 Å². The van der Waals surface area contributed by atoms with Crippen molar-refractivity contribution in [2.75, 3.05) is 6.61 Å². The van der Waals surface area contributed by atoms with Gasteiger partial charge in [-0.2, -0.15) is 0 Å². The largest absolute Gasteiger partial charge is 0.395 e. The summed E-state index contributed by atoms with van der Waals surface area (Å²) in [5.41, 5.74) is 0.0134. The summed E-state index contributed by atoms with van der Waals surface area (Å²) in [7, 11) is 0. The van der Waals surface area contributed by atoms with Crippen molar-refractivity contribution in [2.24, 2.45) is 0 Å². The van der Waals surface area contributed by atoms with Gasteiger partial charge in [-0.3, -0.25) is 0 Å². The highest BCUT2D eigenvalue weighted by Crippen LogP contribution is 2.46. The lowest BCUT2D eigenvalue weighted by atomic mass is 10.1. The standard InChI is InChI=1S/C9H14N2O/c1-2-11-6-5-10-8(11)9(7-12)3-4-9/h5-6,12H,2-4,7H2,1H3. The first-order valence-electron chi connectivity index (χ1n) is 4.45. The fraction of sp³-hybridized carbons (Fsp3) is 0.667. The van der Waals surface area contributed by atoms with Gasteiger partial charge in [0.05, 0.1) is 12.0 Å². The van der Waals surface area contributed by atoms with Crippen LogP contribution in [0.1, 0.15) is 25.6 Å². The third-order valence-corrected chi connectivity index (χ3v) is 2.69. The van der Waals surface area contributed by atoms with Crippen LogP contribution >= 0.6 is 0 Å². The molecule has 12 heavy (non-hydrogen) atoms. The summed E-state index contributed by atoms with van der Waals surface area (Å²) in [6.45, 7) is 3.28. The molecule has 66 valence electrons. The van der Waals surface area contributed by atoms with Crippen LogP contribution in [0.2, 0.25) is 0 Å². The van der Waals surface area contributed by atoms with E-state index in [9.17, 15) is 5.11 Å². The van der Waals surface area contributed by atoms with Crippen molar-refractivity contribution >= 4 is 0 Å². The van der Waals surface area contributed by atoms with E-state index in [1.807, 2.05) is 12.4 Å². The summed E-state index contributed by atoms with van der Waals surface area (Å²) >= 11 is 0. The minimum Gasteiger partial charge on any atom is -0.395 e. The third-order valence-electron chi connectivity index (χ3n) is 2.69. The summed E-state index contributed by atoms with van der Waals surface area (Å²) in [6, 6.07) is 0. The molecule has 1 aromatic heterocycles. The molecule has 0 unspecified atom stereocenters. The van der Waals surface area contributed by atoms with Gasteiger partial charge < -0.3 is 9.67 Å². The molecule has 1 N–H and O–H groups in total. The molecule has 1 aromatic rings. The molecule has 1 heterocycles. The van der Waals surface area contributed by atoms with E-state index in [1.54, 1.807) is 0 Å². The van der Waals surface area contributed by atoms with Crippen LogP contribution in [0.25, 0.3) is 0 Å². The summed E-state index contributed by atoms with van der Waals surface area (Å²) in [4.78, 5) is 4.30. The number of aliphatic hydroxyl groups is 1. The Morgan fingerprint density at radius 3 is 2.92 bits per heavy atom. The Bertz CT molecular complexity index is 276. The average molecular weight is 166 g/mol. The highest BCUT2D eigenvalue weighted by atomic mass is 16.3. The van der Waals surface area contributed by atoms with Crippen LogP contribution in [0, 0.1) is 0 Å². The third kappa shape index (κ3) is 0.966. The van der Waals surface area contributed by atoms with Crippen molar-refractivity contribution in [1.29, 1.82) is 0 Å². The molecule has 1 fully saturated rings. The van der Waals surface area contributed by atoms with Crippen LogP contribution in [-0.4, -0.2) is 21.3 Å². The van der Waals surface area contributed by atoms with Gasteiger partial charge in [-0.1, -0.05) is 0 Å². The monoisotopic (exact) mass is 166 g/mol. The molecule has 0 bridgehead atoms. The van der Waals surface area contributed by atoms with Gasteiger partial charge in [0, 0.05) is 18.9 Å². The van der Waals surface area contributed by atoms with Gasteiger partial charge in [-0.15, -0.1) is 0 Å². The quantitative estimate of drug-likeness (QED) is 0.725. The minimum atomic E-state index is 0.0134. The maximum absolute atomic E-state index is 9.19. The van der Waals surface area contributed by atoms with Crippen LogP contribution in [0.3, 0.4) is 0 Å². The maximum atomic E-state index is 9.19. The fourth-order valence-corrected chi connectivity index (χ4v) is 1.63. The first kappa shape index (κ1) is 7.80. The molecule has 0 spiro atoms. The van der Waals surface area contributed by atoms with Gasteiger partial charge in [0.2, 0.25) is 0 Å². The SMILES string of the molecule is CCn1ccnc1C1(CO)CC1. The van der Waals surface area contributed by atoms with E-state index in [1.165, 1.54) is 0 Å². The van der Waals surface area contributed by atoms with E-state index in [0.717, 1.165) is 25.2 Å². The zero-order valence-electron chi connectivity index (χ0n) is 7.32. The Morgan fingerprint density at radius 1 is 1.67 bits per heavy atom. The predicted octanol–water partition coefficient (Wildman–Crippen LogP) is 0.927. The molecule has 1 aliphatic rings. The highest BCUT2D eigenvalue weighted by molar-refractivity contribution is 5.19. The van der Waals surface area contributed by atoms with Crippen molar-refractivity contribution in [3.63, 3.8) is 0 Å². The maximum Gasteiger partial charge on any atom is 0.117 e. The van der Waals surface area contributed by atoms with Crippen LogP contribution in [0.15, 0.2) is 12.4 Å². The number of aryl methyl sites for hydroxylation is 1. The lowest BCUT2D eigenvalue weighted by Gasteiger charge is -2.12. The molecule has 0 aliphatic heterocycles. The smallest absolute Gasteiger partial charge is 0.117 e. The zero-order chi connectivity index (χ0) is 8.60. The number of imidazole rings is 1. The van der Waals surface area contributed by atoms with Crippen molar-refractivity contribution in [1.82, 2.24) is 9.55 Å². The number of nitrogens with zero attached hydrogens (tertiary/aromatic N) is 2. The van der Waals surface area contributed by atoms with Crippen molar-refractivity contribution in [3.05, 3.63) is 18.2 Å². The molecule has 0 saturated heterocycles. The minimum absolute atomic E-state index is 0.0134. The van der Waals surface area contributed by atoms with Gasteiger partial charge in [0.25, 0.3) is 0 Å². The second kappa shape index (κ2) is 2.59. The van der Waals surface area contributed by atoms with Gasteiger partial charge >= 0.3 is 0 Å². The fourth-order valence-electron chi connectivity index (χ4n) is 1.63. The Balaban J connectivity index is 2.32. The lowest BCUT2D eigenvalue weighted by Crippen LogP contribution is -2.18. The normalized spacial score (nSPS) is 19.5. The van der Waals surface area contributed by atoms with Gasteiger partial charge in [0.1, 0.15) is 5.82 Å². The summed E-state index contributed by atoms with van der Waals surface area (Å²) in [5, 5.41) is 9.19. The highest BCUT2D eigenvalue weighted by Gasteiger charge is 2.46. The van der Waals surface area contributed by atoms with E-state index in [2.05, 4.69) is 16.5 Å². The second-order valence-corrected chi connectivity index (χ2v) is 3.48. The Labute approximate surface area is 72.0 Å². The number of aromatic nitrogens is 2. The number of rotatable bonds is 3. The molecule has 3 nitrogen and oxygen atoms in total. The zero-order valence-corrected chi connectivity index (χ0v) is 7.32. The molecule has 1 saturated carbocycles. The van der Waals surface area contributed by atoms with Gasteiger partial charge in [0.15, 0.2) is 0 Å². The van der Waals surface area contributed by atoms with E-state index in [-0.39, 0.29) is 12.0 Å². The van der Waals surface area contributed by atoms with Crippen LogP contribution in [0.4, 0.5) is 0 Å². The van der Waals surface area contributed by atoms with Crippen molar-refractivity contribution in [3.8, 4) is 0 Å². The van der Waals surface area contributed by atoms with Crippen LogP contribution in [0.5, 0.6) is 0 Å². The summed E-state index contributed by atoms with van der Waals surface area (Å²) in [6.07, 6.45) is 5.96. The number of hydrogen-bond donors (Lipinski definition) is 1. The first-order chi connectivity index (χ1) is 5.82. The number of hydrogen-bond acceptors (Lipinski definition) is 2. The molecular formula is C9H14N2O. The molecule has 0 amide bonds. The lowest BCUT2D eigenvalue weighted by molar-refractivity contribution is 0.247. The van der Waals surface area contributed by atoms with E-state index in [4.69, 9.17) is 0 Å². The first-order valence-corrected chi connectivity index (χ1v) is 4.45. The molecule has 3 heteroatoms. The Hall–Kier alpha value is -0.830.